The van der Waals surface area contributed by atoms with Crippen LogP contribution in [0.5, 0.6) is 0 Å². The summed E-state index contributed by atoms with van der Waals surface area (Å²) in [6.07, 6.45) is 0. The van der Waals surface area contributed by atoms with Crippen molar-refractivity contribution in [1.82, 2.24) is 0 Å². The minimum atomic E-state index is -0.787. The quantitative estimate of drug-likeness (QED) is 0.692. The lowest BCUT2D eigenvalue weighted by Gasteiger charge is -2.06. The third-order valence-electron chi connectivity index (χ3n) is 2.66. The molecular weight excluding hydrogens is 277 g/mol. The Balaban J connectivity index is 2.29. The molecule has 0 heterocycles. The highest BCUT2D eigenvalue weighted by molar-refractivity contribution is 6.04. The summed E-state index contributed by atoms with van der Waals surface area (Å²) >= 11 is 0. The second kappa shape index (κ2) is 5.79. The summed E-state index contributed by atoms with van der Waals surface area (Å²) in [6.45, 7) is 0. The van der Waals surface area contributed by atoms with Crippen LogP contribution in [0.3, 0.4) is 0 Å². The summed E-state index contributed by atoms with van der Waals surface area (Å²) in [5.41, 5.74) is -0.198. The van der Waals surface area contributed by atoms with Gasteiger partial charge in [-0.3, -0.25) is 14.9 Å². The first kappa shape index (κ1) is 14.1. The number of nitrogens with one attached hydrogen (secondary N) is 1. The second-order valence-corrected chi connectivity index (χ2v) is 4.07. The summed E-state index contributed by atoms with van der Waals surface area (Å²) < 4.78 is 13.6. The van der Waals surface area contributed by atoms with E-state index in [0.29, 0.717) is 0 Å². The smallest absolute Gasteiger partial charge is 0.271 e. The van der Waals surface area contributed by atoms with E-state index in [2.05, 4.69) is 5.32 Å². The van der Waals surface area contributed by atoms with Crippen molar-refractivity contribution in [2.45, 2.75) is 0 Å². The Morgan fingerprint density at radius 2 is 2.05 bits per heavy atom. The summed E-state index contributed by atoms with van der Waals surface area (Å²) in [5.74, 6) is -1.45. The normalized spacial score (nSPS) is 9.71. The molecule has 1 N–H and O–H groups in total. The van der Waals surface area contributed by atoms with Crippen LogP contribution in [0.4, 0.5) is 15.8 Å². The largest absolute Gasteiger partial charge is 0.319 e. The SMILES string of the molecule is N#Cc1cccc(C(=O)Nc2cc([N+](=O)[O-])ccc2F)c1. The van der Waals surface area contributed by atoms with E-state index in [1.807, 2.05) is 6.07 Å². The van der Waals surface area contributed by atoms with Gasteiger partial charge in [0.2, 0.25) is 0 Å². The molecule has 0 aliphatic rings. The molecule has 7 heteroatoms. The van der Waals surface area contributed by atoms with E-state index in [1.54, 1.807) is 0 Å². The fraction of sp³-hybridized carbons (Fsp3) is 0. The van der Waals surface area contributed by atoms with Gasteiger partial charge in [-0.2, -0.15) is 5.26 Å². The number of nitriles is 1. The summed E-state index contributed by atoms with van der Waals surface area (Å²) in [7, 11) is 0. The predicted molar refractivity (Wildman–Crippen MR) is 72.2 cm³/mol. The highest BCUT2D eigenvalue weighted by Gasteiger charge is 2.14. The maximum atomic E-state index is 13.6. The maximum Gasteiger partial charge on any atom is 0.271 e. The van der Waals surface area contributed by atoms with Gasteiger partial charge in [0.05, 0.1) is 22.2 Å². The van der Waals surface area contributed by atoms with Crippen molar-refractivity contribution in [1.29, 1.82) is 5.26 Å². The molecule has 0 atom stereocenters. The third kappa shape index (κ3) is 3.19. The Morgan fingerprint density at radius 1 is 1.29 bits per heavy atom. The van der Waals surface area contributed by atoms with Crippen molar-refractivity contribution in [3.8, 4) is 6.07 Å². The minimum absolute atomic E-state index is 0.153. The fourth-order valence-corrected chi connectivity index (χ4v) is 1.65. The number of nitrogens with zero attached hydrogens (tertiary/aromatic N) is 2. The van der Waals surface area contributed by atoms with E-state index in [4.69, 9.17) is 5.26 Å². The van der Waals surface area contributed by atoms with Crippen LogP contribution >= 0.6 is 0 Å². The van der Waals surface area contributed by atoms with E-state index in [1.165, 1.54) is 24.3 Å². The lowest BCUT2D eigenvalue weighted by atomic mass is 10.1. The van der Waals surface area contributed by atoms with Crippen molar-refractivity contribution in [2.75, 3.05) is 5.32 Å². The highest BCUT2D eigenvalue weighted by atomic mass is 19.1. The first-order chi connectivity index (χ1) is 10.0. The van der Waals surface area contributed by atoms with E-state index in [9.17, 15) is 19.3 Å². The van der Waals surface area contributed by atoms with Crippen LogP contribution in [-0.4, -0.2) is 10.8 Å². The van der Waals surface area contributed by atoms with Crippen molar-refractivity contribution in [3.63, 3.8) is 0 Å². The van der Waals surface area contributed by atoms with Gasteiger partial charge in [0.1, 0.15) is 5.82 Å². The maximum absolute atomic E-state index is 13.6. The van der Waals surface area contributed by atoms with E-state index >= 15 is 0 Å². The summed E-state index contributed by atoms with van der Waals surface area (Å²) in [4.78, 5) is 21.9. The molecule has 0 aromatic heterocycles. The number of carbonyl (C=O) groups is 1. The Hall–Kier alpha value is -3.27. The first-order valence-corrected chi connectivity index (χ1v) is 5.76. The number of nitro groups is 1. The molecule has 0 radical (unpaired) electrons. The van der Waals surface area contributed by atoms with Gasteiger partial charge in [0.15, 0.2) is 0 Å². The molecule has 6 nitrogen and oxygen atoms in total. The molecule has 21 heavy (non-hydrogen) atoms. The minimum Gasteiger partial charge on any atom is -0.319 e. The average molecular weight is 285 g/mol. The van der Waals surface area contributed by atoms with E-state index in [-0.39, 0.29) is 22.5 Å². The molecule has 2 aromatic rings. The van der Waals surface area contributed by atoms with Gasteiger partial charge in [-0.1, -0.05) is 6.07 Å². The summed E-state index contributed by atoms with van der Waals surface area (Å²) in [5, 5.41) is 21.6. The second-order valence-electron chi connectivity index (χ2n) is 4.07. The predicted octanol–water partition coefficient (Wildman–Crippen LogP) is 2.86. The molecule has 0 spiro atoms. The van der Waals surface area contributed by atoms with Crippen LogP contribution in [0.2, 0.25) is 0 Å². The standard InChI is InChI=1S/C14H8FN3O3/c15-12-5-4-11(18(20)21)7-13(12)17-14(19)10-3-1-2-9(6-10)8-16/h1-7H,(H,17,19). The number of hydrogen-bond acceptors (Lipinski definition) is 4. The number of carbonyl (C=O) groups excluding carboxylic acids is 1. The Bertz CT molecular complexity index is 768. The van der Waals surface area contributed by atoms with Crippen LogP contribution in [0.25, 0.3) is 0 Å². The zero-order chi connectivity index (χ0) is 15.4. The molecular formula is C14H8FN3O3. The lowest BCUT2D eigenvalue weighted by Crippen LogP contribution is -2.13. The van der Waals surface area contributed by atoms with Gasteiger partial charge in [-0.25, -0.2) is 4.39 Å². The molecule has 0 unspecified atom stereocenters. The van der Waals surface area contributed by atoms with Crippen molar-refractivity contribution < 1.29 is 14.1 Å². The number of rotatable bonds is 3. The van der Waals surface area contributed by atoms with Crippen molar-refractivity contribution in [2.24, 2.45) is 0 Å². The van der Waals surface area contributed by atoms with Crippen LogP contribution in [0, 0.1) is 27.3 Å². The fourth-order valence-electron chi connectivity index (χ4n) is 1.65. The van der Waals surface area contributed by atoms with Crippen LogP contribution in [-0.2, 0) is 0 Å². The van der Waals surface area contributed by atoms with E-state index < -0.39 is 16.6 Å². The first-order valence-electron chi connectivity index (χ1n) is 5.76. The molecule has 2 rings (SSSR count). The van der Waals surface area contributed by atoms with Gasteiger partial charge in [-0.05, 0) is 24.3 Å². The van der Waals surface area contributed by atoms with Gasteiger partial charge in [-0.15, -0.1) is 0 Å². The molecule has 1 amide bonds. The molecule has 0 aliphatic heterocycles. The number of non-ortho nitro benzene ring substituents is 1. The number of hydrogen-bond donors (Lipinski definition) is 1. The lowest BCUT2D eigenvalue weighted by molar-refractivity contribution is -0.384. The number of nitro benzene ring substituents is 1. The average Bonchev–Trinajstić information content (AvgIpc) is 2.49. The number of amides is 1. The zero-order valence-electron chi connectivity index (χ0n) is 10.5. The van der Waals surface area contributed by atoms with Gasteiger partial charge < -0.3 is 5.32 Å². The zero-order valence-corrected chi connectivity index (χ0v) is 10.5. The number of benzene rings is 2. The summed E-state index contributed by atoms with van der Waals surface area (Å²) in [6, 6.07) is 10.5. The topological polar surface area (TPSA) is 96.0 Å². The van der Waals surface area contributed by atoms with E-state index in [0.717, 1.165) is 18.2 Å². The third-order valence-corrected chi connectivity index (χ3v) is 2.66. The Kier molecular flexibility index (Phi) is 3.90. The van der Waals surface area contributed by atoms with Crippen molar-refractivity contribution >= 4 is 17.3 Å². The molecule has 0 aliphatic carbocycles. The molecule has 0 saturated carbocycles. The number of halogens is 1. The Labute approximate surface area is 118 Å². The van der Waals surface area contributed by atoms with Crippen LogP contribution < -0.4 is 5.32 Å². The molecule has 0 fully saturated rings. The molecule has 0 bridgehead atoms. The van der Waals surface area contributed by atoms with Gasteiger partial charge >= 0.3 is 0 Å². The number of anilines is 1. The van der Waals surface area contributed by atoms with Crippen LogP contribution in [0.15, 0.2) is 42.5 Å². The monoisotopic (exact) mass is 285 g/mol. The van der Waals surface area contributed by atoms with Crippen LogP contribution in [0.1, 0.15) is 15.9 Å². The van der Waals surface area contributed by atoms with Crippen molar-refractivity contribution in [3.05, 3.63) is 69.5 Å². The highest BCUT2D eigenvalue weighted by Crippen LogP contribution is 2.22. The molecule has 2 aromatic carbocycles. The van der Waals surface area contributed by atoms with Gasteiger partial charge in [0.25, 0.3) is 11.6 Å². The molecule has 0 saturated heterocycles. The Morgan fingerprint density at radius 3 is 2.71 bits per heavy atom. The van der Waals surface area contributed by atoms with Gasteiger partial charge in [0, 0.05) is 17.7 Å². The molecule has 104 valence electrons.